The number of aliphatic imine (C=N–C) groups is 1. The first kappa shape index (κ1) is 22.2. The molecule has 1 N–H and O–H groups in total. The Morgan fingerprint density at radius 1 is 1.12 bits per heavy atom. The highest BCUT2D eigenvalue weighted by atomic mass is 32.2. The van der Waals surface area contributed by atoms with E-state index >= 15 is 0 Å². The maximum absolute atomic E-state index is 13.1. The Labute approximate surface area is 192 Å². The van der Waals surface area contributed by atoms with Gasteiger partial charge in [-0.3, -0.25) is 14.5 Å². The van der Waals surface area contributed by atoms with Gasteiger partial charge in [0.25, 0.3) is 0 Å². The predicted molar refractivity (Wildman–Crippen MR) is 127 cm³/mol. The molecule has 1 atom stereocenters. The lowest BCUT2D eigenvalue weighted by atomic mass is 10.1. The monoisotopic (exact) mass is 453 g/mol. The predicted octanol–water partition coefficient (Wildman–Crippen LogP) is 4.44. The van der Waals surface area contributed by atoms with E-state index in [0.29, 0.717) is 22.4 Å². The van der Waals surface area contributed by atoms with Crippen LogP contribution in [0, 0.1) is 13.8 Å². The second kappa shape index (κ2) is 9.24. The minimum atomic E-state index is -0.495. The van der Waals surface area contributed by atoms with Gasteiger partial charge in [-0.25, -0.2) is 4.99 Å². The van der Waals surface area contributed by atoms with E-state index in [-0.39, 0.29) is 24.3 Å². The normalized spacial score (nSPS) is 19.4. The van der Waals surface area contributed by atoms with Crippen LogP contribution < -0.4 is 14.8 Å². The van der Waals surface area contributed by atoms with Crippen LogP contribution in [-0.2, 0) is 9.59 Å². The fraction of sp³-hybridized carbons (Fsp3) is 0.375. The van der Waals surface area contributed by atoms with Gasteiger partial charge in [0.05, 0.1) is 25.6 Å². The first-order chi connectivity index (χ1) is 15.4. The number of thioether (sulfide) groups is 1. The van der Waals surface area contributed by atoms with E-state index in [2.05, 4.69) is 12.2 Å². The number of ether oxygens (including phenoxy) is 2. The molecule has 0 aromatic heterocycles. The van der Waals surface area contributed by atoms with Gasteiger partial charge in [-0.05, 0) is 62.1 Å². The average Bonchev–Trinajstić information content (AvgIpc) is 3.56. The van der Waals surface area contributed by atoms with E-state index in [1.807, 2.05) is 25.1 Å². The number of carbonyl (C=O) groups is 2. The highest BCUT2D eigenvalue weighted by molar-refractivity contribution is 8.15. The first-order valence-corrected chi connectivity index (χ1v) is 11.4. The molecule has 8 heteroatoms. The highest BCUT2D eigenvalue weighted by Crippen LogP contribution is 2.40. The minimum Gasteiger partial charge on any atom is -0.497 e. The fourth-order valence-corrected chi connectivity index (χ4v) is 4.75. The summed E-state index contributed by atoms with van der Waals surface area (Å²) >= 11 is 1.37. The molecule has 2 fully saturated rings. The summed E-state index contributed by atoms with van der Waals surface area (Å²) in [6.07, 6.45) is 2.01. The third kappa shape index (κ3) is 4.75. The Kier molecular flexibility index (Phi) is 6.41. The number of benzene rings is 2. The van der Waals surface area contributed by atoms with Crippen molar-refractivity contribution in [1.29, 1.82) is 0 Å². The van der Waals surface area contributed by atoms with Crippen molar-refractivity contribution < 1.29 is 19.1 Å². The molecule has 2 aromatic carbocycles. The molecule has 1 aliphatic carbocycles. The van der Waals surface area contributed by atoms with Crippen molar-refractivity contribution in [3.8, 4) is 11.5 Å². The van der Waals surface area contributed by atoms with Crippen LogP contribution in [0.5, 0.6) is 11.5 Å². The molecule has 0 spiro atoms. The zero-order chi connectivity index (χ0) is 22.8. The van der Waals surface area contributed by atoms with Crippen molar-refractivity contribution in [2.24, 2.45) is 4.99 Å². The van der Waals surface area contributed by atoms with Crippen LogP contribution in [0.15, 0.2) is 41.4 Å². The summed E-state index contributed by atoms with van der Waals surface area (Å²) in [5.41, 5.74) is 3.72. The summed E-state index contributed by atoms with van der Waals surface area (Å²) in [6.45, 7) is 4.11. The van der Waals surface area contributed by atoms with Gasteiger partial charge in [0.1, 0.15) is 16.7 Å². The third-order valence-electron chi connectivity index (χ3n) is 5.65. The van der Waals surface area contributed by atoms with Crippen LogP contribution in [0.3, 0.4) is 0 Å². The van der Waals surface area contributed by atoms with E-state index in [9.17, 15) is 9.59 Å². The lowest BCUT2D eigenvalue weighted by molar-refractivity contribution is -0.128. The summed E-state index contributed by atoms with van der Waals surface area (Å²) in [4.78, 5) is 32.4. The summed E-state index contributed by atoms with van der Waals surface area (Å²) in [7, 11) is 3.10. The number of amides is 2. The molecule has 4 rings (SSSR count). The minimum absolute atomic E-state index is 0.0445. The summed E-state index contributed by atoms with van der Waals surface area (Å²) in [6, 6.07) is 11.4. The van der Waals surface area contributed by atoms with E-state index in [4.69, 9.17) is 14.5 Å². The number of nitrogens with zero attached hydrogens (tertiary/aromatic N) is 2. The number of hydrogen-bond acceptors (Lipinski definition) is 6. The van der Waals surface area contributed by atoms with Crippen LogP contribution in [-0.4, -0.2) is 47.4 Å². The molecule has 0 radical (unpaired) electrons. The SMILES string of the molecule is COc1ccc(NC(=O)CC2SC(=Nc3ccc(C)c(C)c3)N(C3CC3)C2=O)c(OC)c1. The van der Waals surface area contributed by atoms with Crippen molar-refractivity contribution in [3.63, 3.8) is 0 Å². The molecule has 2 amide bonds. The van der Waals surface area contributed by atoms with Gasteiger partial charge in [0.2, 0.25) is 11.8 Å². The van der Waals surface area contributed by atoms with Gasteiger partial charge in [0, 0.05) is 18.5 Å². The molecule has 32 heavy (non-hydrogen) atoms. The number of hydrogen-bond donors (Lipinski definition) is 1. The van der Waals surface area contributed by atoms with Gasteiger partial charge < -0.3 is 14.8 Å². The molecular weight excluding hydrogens is 426 g/mol. The Bertz CT molecular complexity index is 1080. The second-order valence-corrected chi connectivity index (χ2v) is 9.20. The molecule has 2 aromatic rings. The van der Waals surface area contributed by atoms with E-state index < -0.39 is 5.25 Å². The standard InChI is InChI=1S/C24H27N3O4S/c1-14-5-6-16(11-15(14)2)25-24-27(17-7-8-17)23(29)21(32-24)13-22(28)26-19-10-9-18(30-3)12-20(19)31-4/h5-6,9-12,17,21H,7-8,13H2,1-4H3,(H,26,28). The second-order valence-electron chi connectivity index (χ2n) is 8.03. The van der Waals surface area contributed by atoms with Crippen molar-refractivity contribution >= 4 is 40.1 Å². The molecule has 7 nitrogen and oxygen atoms in total. The Morgan fingerprint density at radius 3 is 2.56 bits per heavy atom. The van der Waals surface area contributed by atoms with Crippen molar-refractivity contribution in [3.05, 3.63) is 47.5 Å². The van der Waals surface area contributed by atoms with Gasteiger partial charge in [-0.1, -0.05) is 17.8 Å². The molecular formula is C24H27N3O4S. The summed E-state index contributed by atoms with van der Waals surface area (Å²) < 4.78 is 10.5. The smallest absolute Gasteiger partial charge is 0.242 e. The van der Waals surface area contributed by atoms with Gasteiger partial charge in [-0.2, -0.15) is 0 Å². The summed E-state index contributed by atoms with van der Waals surface area (Å²) in [5.74, 6) is 0.841. The van der Waals surface area contributed by atoms with Crippen LogP contribution in [0.2, 0.25) is 0 Å². The van der Waals surface area contributed by atoms with Crippen LogP contribution >= 0.6 is 11.8 Å². The zero-order valence-electron chi connectivity index (χ0n) is 18.7. The molecule has 1 heterocycles. The first-order valence-electron chi connectivity index (χ1n) is 10.6. The third-order valence-corrected chi connectivity index (χ3v) is 6.80. The van der Waals surface area contributed by atoms with E-state index in [0.717, 1.165) is 24.1 Å². The quantitative estimate of drug-likeness (QED) is 0.670. The molecule has 1 saturated heterocycles. The average molecular weight is 454 g/mol. The zero-order valence-corrected chi connectivity index (χ0v) is 19.5. The fourth-order valence-electron chi connectivity index (χ4n) is 3.54. The Hall–Kier alpha value is -3.00. The Morgan fingerprint density at radius 2 is 1.91 bits per heavy atom. The van der Waals surface area contributed by atoms with Gasteiger partial charge >= 0.3 is 0 Å². The maximum atomic E-state index is 13.1. The molecule has 168 valence electrons. The topological polar surface area (TPSA) is 80.2 Å². The molecule has 2 aliphatic rings. The lowest BCUT2D eigenvalue weighted by Gasteiger charge is -2.15. The number of rotatable bonds is 7. The highest BCUT2D eigenvalue weighted by Gasteiger charge is 2.46. The lowest BCUT2D eigenvalue weighted by Crippen LogP contribution is -2.35. The van der Waals surface area contributed by atoms with Crippen LogP contribution in [0.4, 0.5) is 11.4 Å². The van der Waals surface area contributed by atoms with Crippen LogP contribution in [0.1, 0.15) is 30.4 Å². The molecule has 1 saturated carbocycles. The van der Waals surface area contributed by atoms with Crippen LogP contribution in [0.25, 0.3) is 0 Å². The largest absolute Gasteiger partial charge is 0.497 e. The number of carbonyl (C=O) groups excluding carboxylic acids is 2. The van der Waals surface area contributed by atoms with E-state index in [1.54, 1.807) is 30.2 Å². The molecule has 1 unspecified atom stereocenters. The summed E-state index contributed by atoms with van der Waals surface area (Å²) in [5, 5.41) is 3.04. The molecule has 0 bridgehead atoms. The molecule has 1 aliphatic heterocycles. The van der Waals surface area contributed by atoms with Crippen molar-refractivity contribution in [2.45, 2.75) is 44.4 Å². The maximum Gasteiger partial charge on any atom is 0.242 e. The number of aryl methyl sites for hydroxylation is 2. The van der Waals surface area contributed by atoms with Crippen molar-refractivity contribution in [1.82, 2.24) is 4.90 Å². The number of methoxy groups -OCH3 is 2. The number of anilines is 1. The van der Waals surface area contributed by atoms with E-state index in [1.165, 1.54) is 24.4 Å². The van der Waals surface area contributed by atoms with Gasteiger partial charge in [-0.15, -0.1) is 0 Å². The van der Waals surface area contributed by atoms with Gasteiger partial charge in [0.15, 0.2) is 5.17 Å². The van der Waals surface area contributed by atoms with Crippen molar-refractivity contribution in [2.75, 3.05) is 19.5 Å². The Balaban J connectivity index is 1.49. The number of nitrogens with one attached hydrogen (secondary N) is 1. The number of amidine groups is 1.